The number of benzene rings is 3. The van der Waals surface area contributed by atoms with Crippen molar-refractivity contribution in [1.82, 2.24) is 0 Å². The Balaban J connectivity index is 1.62. The van der Waals surface area contributed by atoms with Gasteiger partial charge < -0.3 is 28.4 Å². The van der Waals surface area contributed by atoms with Crippen molar-refractivity contribution in [3.63, 3.8) is 0 Å². The van der Waals surface area contributed by atoms with Gasteiger partial charge in [-0.3, -0.25) is 0 Å². The van der Waals surface area contributed by atoms with Crippen LogP contribution in [0.2, 0.25) is 0 Å². The quantitative estimate of drug-likeness (QED) is 0.494. The van der Waals surface area contributed by atoms with Gasteiger partial charge in [0.25, 0.3) is 0 Å². The van der Waals surface area contributed by atoms with Gasteiger partial charge in [0.1, 0.15) is 11.5 Å². The molecule has 1 aliphatic heterocycles. The average Bonchev–Trinajstić information content (AvgIpc) is 2.81. The molecule has 0 bridgehead atoms. The van der Waals surface area contributed by atoms with E-state index in [1.165, 1.54) is 0 Å². The summed E-state index contributed by atoms with van der Waals surface area (Å²) in [6, 6.07) is 23.2. The van der Waals surface area contributed by atoms with Crippen molar-refractivity contribution in [2.45, 2.75) is 12.2 Å². The molecule has 0 spiro atoms. The van der Waals surface area contributed by atoms with E-state index in [4.69, 9.17) is 28.4 Å². The molecule has 0 amide bonds. The third-order valence-electron chi connectivity index (χ3n) is 4.74. The van der Waals surface area contributed by atoms with E-state index in [9.17, 15) is 0 Å². The molecule has 30 heavy (non-hydrogen) atoms. The van der Waals surface area contributed by atoms with Crippen molar-refractivity contribution in [1.29, 1.82) is 0 Å². The summed E-state index contributed by atoms with van der Waals surface area (Å²) in [5, 5.41) is 0. The normalized spacial score (nSPS) is 17.4. The van der Waals surface area contributed by atoms with Crippen molar-refractivity contribution in [2.24, 2.45) is 0 Å². The predicted octanol–water partition coefficient (Wildman–Crippen LogP) is 4.91. The highest BCUT2D eigenvalue weighted by Crippen LogP contribution is 2.45. The van der Waals surface area contributed by atoms with E-state index in [0.29, 0.717) is 0 Å². The van der Waals surface area contributed by atoms with Gasteiger partial charge in [-0.15, -0.1) is 0 Å². The minimum absolute atomic E-state index is 0.204. The number of rotatable bonds is 8. The maximum absolute atomic E-state index is 6.36. The molecule has 1 heterocycles. The Morgan fingerprint density at radius 3 is 1.37 bits per heavy atom. The third kappa shape index (κ3) is 4.50. The Labute approximate surface area is 175 Å². The van der Waals surface area contributed by atoms with Crippen LogP contribution in [0.4, 0.5) is 0 Å². The van der Waals surface area contributed by atoms with Gasteiger partial charge in [0, 0.05) is 14.2 Å². The van der Waals surface area contributed by atoms with Gasteiger partial charge >= 0.3 is 0 Å². The molecule has 4 rings (SSSR count). The van der Waals surface area contributed by atoms with Gasteiger partial charge in [0.15, 0.2) is 37.3 Å². The third-order valence-corrected chi connectivity index (χ3v) is 4.74. The number of hydrogen-bond acceptors (Lipinski definition) is 6. The summed E-state index contributed by atoms with van der Waals surface area (Å²) >= 11 is 0. The molecule has 1 aliphatic rings. The standard InChI is InChI=1S/C24H24O6/c1-25-15-27-19-11-7-17(8-12-19)23-24(30-22-6-4-3-5-21(22)29-23)18-9-13-20(14-10-18)28-16-26-2/h3-14,23-24H,15-16H2,1-2H3/t23-,24+. The number of ether oxygens (including phenoxy) is 6. The van der Waals surface area contributed by atoms with Crippen molar-refractivity contribution < 1.29 is 28.4 Å². The number of fused-ring (bicyclic) bond motifs is 1. The van der Waals surface area contributed by atoms with Crippen LogP contribution in [-0.4, -0.2) is 27.8 Å². The van der Waals surface area contributed by atoms with Crippen LogP contribution in [0.15, 0.2) is 72.8 Å². The van der Waals surface area contributed by atoms with Crippen molar-refractivity contribution in [3.8, 4) is 23.0 Å². The van der Waals surface area contributed by atoms with E-state index >= 15 is 0 Å². The van der Waals surface area contributed by atoms with Crippen LogP contribution in [0.5, 0.6) is 23.0 Å². The van der Waals surface area contributed by atoms with E-state index in [1.807, 2.05) is 72.8 Å². The molecule has 0 radical (unpaired) electrons. The van der Waals surface area contributed by atoms with E-state index in [2.05, 4.69) is 0 Å². The fourth-order valence-electron chi connectivity index (χ4n) is 3.29. The summed E-state index contributed by atoms with van der Waals surface area (Å²) in [5.74, 6) is 2.90. The Kier molecular flexibility index (Phi) is 6.37. The van der Waals surface area contributed by atoms with E-state index in [0.717, 1.165) is 34.1 Å². The van der Waals surface area contributed by atoms with Crippen LogP contribution in [0.3, 0.4) is 0 Å². The first-order valence-corrected chi connectivity index (χ1v) is 9.64. The molecule has 0 unspecified atom stereocenters. The zero-order valence-electron chi connectivity index (χ0n) is 16.9. The second-order valence-electron chi connectivity index (χ2n) is 6.76. The van der Waals surface area contributed by atoms with Crippen molar-refractivity contribution >= 4 is 0 Å². The number of methoxy groups -OCH3 is 2. The first-order valence-electron chi connectivity index (χ1n) is 9.64. The molecule has 0 fully saturated rings. The Morgan fingerprint density at radius 2 is 1.00 bits per heavy atom. The molecule has 0 saturated carbocycles. The maximum atomic E-state index is 6.36. The van der Waals surface area contributed by atoms with E-state index in [1.54, 1.807) is 14.2 Å². The highest BCUT2D eigenvalue weighted by Gasteiger charge is 2.34. The van der Waals surface area contributed by atoms with Gasteiger partial charge in [-0.05, 0) is 47.5 Å². The lowest BCUT2D eigenvalue weighted by Crippen LogP contribution is -2.26. The van der Waals surface area contributed by atoms with Gasteiger partial charge in [0.2, 0.25) is 0 Å². The second kappa shape index (κ2) is 9.52. The topological polar surface area (TPSA) is 55.4 Å². The SMILES string of the molecule is COCOc1ccc([C@H]2Oc3ccccc3O[C@H]2c2ccc(OCOC)cc2)cc1. The van der Waals surface area contributed by atoms with Gasteiger partial charge in [-0.2, -0.15) is 0 Å². The lowest BCUT2D eigenvalue weighted by Gasteiger charge is -2.34. The molecule has 6 heteroatoms. The zero-order chi connectivity index (χ0) is 20.8. The van der Waals surface area contributed by atoms with Crippen LogP contribution in [-0.2, 0) is 9.47 Å². The van der Waals surface area contributed by atoms with Crippen LogP contribution in [0.1, 0.15) is 23.3 Å². The Bertz CT molecular complexity index is 860. The van der Waals surface area contributed by atoms with Crippen LogP contribution in [0.25, 0.3) is 0 Å². The molecule has 3 aromatic carbocycles. The number of hydrogen-bond donors (Lipinski definition) is 0. The van der Waals surface area contributed by atoms with Gasteiger partial charge in [-0.1, -0.05) is 36.4 Å². The molecular weight excluding hydrogens is 384 g/mol. The molecule has 156 valence electrons. The average molecular weight is 408 g/mol. The zero-order valence-corrected chi connectivity index (χ0v) is 16.9. The van der Waals surface area contributed by atoms with Crippen LogP contribution < -0.4 is 18.9 Å². The molecule has 0 aliphatic carbocycles. The smallest absolute Gasteiger partial charge is 0.188 e. The van der Waals surface area contributed by atoms with E-state index in [-0.39, 0.29) is 25.8 Å². The fraction of sp³-hybridized carbons (Fsp3) is 0.250. The summed E-state index contributed by atoms with van der Waals surface area (Å²) in [5.41, 5.74) is 1.97. The molecule has 2 atom stereocenters. The second-order valence-corrected chi connectivity index (χ2v) is 6.76. The monoisotopic (exact) mass is 408 g/mol. The van der Waals surface area contributed by atoms with E-state index < -0.39 is 0 Å². The predicted molar refractivity (Wildman–Crippen MR) is 111 cm³/mol. The molecular formula is C24H24O6. The molecule has 3 aromatic rings. The fourth-order valence-corrected chi connectivity index (χ4v) is 3.29. The summed E-state index contributed by atoms with van der Waals surface area (Å²) in [7, 11) is 3.18. The summed E-state index contributed by atoms with van der Waals surface area (Å²) in [6.45, 7) is 0.408. The highest BCUT2D eigenvalue weighted by molar-refractivity contribution is 5.44. The maximum Gasteiger partial charge on any atom is 0.188 e. The Morgan fingerprint density at radius 1 is 0.600 bits per heavy atom. The first kappa shape index (κ1) is 20.1. The molecule has 0 aromatic heterocycles. The van der Waals surface area contributed by atoms with Gasteiger partial charge in [-0.25, -0.2) is 0 Å². The van der Waals surface area contributed by atoms with Crippen molar-refractivity contribution in [2.75, 3.05) is 27.8 Å². The first-order chi connectivity index (χ1) is 14.8. The number of para-hydroxylation sites is 2. The lowest BCUT2D eigenvalue weighted by molar-refractivity contribution is 0.0181. The Hall–Kier alpha value is -3.22. The van der Waals surface area contributed by atoms with Crippen molar-refractivity contribution in [3.05, 3.63) is 83.9 Å². The van der Waals surface area contributed by atoms with Gasteiger partial charge in [0.05, 0.1) is 0 Å². The summed E-state index contributed by atoms with van der Waals surface area (Å²) < 4.78 is 33.6. The van der Waals surface area contributed by atoms with Crippen LogP contribution >= 0.6 is 0 Å². The highest BCUT2D eigenvalue weighted by atomic mass is 16.7. The lowest BCUT2D eigenvalue weighted by atomic mass is 9.96. The largest absolute Gasteiger partial charge is 0.478 e. The summed E-state index contributed by atoms with van der Waals surface area (Å²) in [4.78, 5) is 0. The minimum Gasteiger partial charge on any atom is -0.478 e. The summed E-state index contributed by atoms with van der Waals surface area (Å²) in [6.07, 6.45) is -0.635. The van der Waals surface area contributed by atoms with Crippen LogP contribution in [0, 0.1) is 0 Å². The molecule has 0 saturated heterocycles. The minimum atomic E-state index is -0.317. The molecule has 0 N–H and O–H groups in total. The molecule has 6 nitrogen and oxygen atoms in total.